The van der Waals surface area contributed by atoms with E-state index in [4.69, 9.17) is 14.2 Å². The van der Waals surface area contributed by atoms with Crippen molar-refractivity contribution in [3.8, 4) is 11.5 Å². The molecule has 0 unspecified atom stereocenters. The van der Waals surface area contributed by atoms with Crippen LogP contribution in [0.5, 0.6) is 11.5 Å². The molecule has 0 bridgehead atoms. The van der Waals surface area contributed by atoms with Crippen molar-refractivity contribution in [1.29, 1.82) is 0 Å². The van der Waals surface area contributed by atoms with Crippen LogP contribution in [-0.4, -0.2) is 26.9 Å². The van der Waals surface area contributed by atoms with E-state index in [9.17, 15) is 0 Å². The largest absolute Gasteiger partial charge is 0.490 e. The van der Waals surface area contributed by atoms with Crippen LogP contribution in [0.1, 0.15) is 18.9 Å². The molecule has 0 amide bonds. The van der Waals surface area contributed by atoms with E-state index in [1.165, 1.54) is 0 Å². The number of rotatable bonds is 8. The first-order chi connectivity index (χ1) is 8.72. The molecule has 0 N–H and O–H groups in total. The molecule has 18 heavy (non-hydrogen) atoms. The highest BCUT2D eigenvalue weighted by atomic mass is 79.9. The Hall–Kier alpha value is -0.260. The van der Waals surface area contributed by atoms with E-state index in [1.54, 1.807) is 7.11 Å². The van der Waals surface area contributed by atoms with Gasteiger partial charge in [0.15, 0.2) is 11.5 Å². The summed E-state index contributed by atoms with van der Waals surface area (Å²) in [5.74, 6) is 1.54. The molecule has 1 aromatic rings. The van der Waals surface area contributed by atoms with E-state index in [-0.39, 0.29) is 0 Å². The summed E-state index contributed by atoms with van der Waals surface area (Å²) in [6, 6.07) is 4.03. The molecule has 0 saturated carbocycles. The molecule has 1 aromatic carbocycles. The van der Waals surface area contributed by atoms with E-state index in [1.807, 2.05) is 19.1 Å². The minimum absolute atomic E-state index is 0.611. The Morgan fingerprint density at radius 1 is 1.17 bits per heavy atom. The number of benzene rings is 1. The third-order valence-corrected chi connectivity index (χ3v) is 3.50. The van der Waals surface area contributed by atoms with Gasteiger partial charge in [0, 0.05) is 25.5 Å². The molecule has 0 aromatic heterocycles. The fraction of sp³-hybridized carbons (Fsp3) is 0.538. The van der Waals surface area contributed by atoms with Crippen LogP contribution in [0.15, 0.2) is 16.6 Å². The average molecular weight is 382 g/mol. The first kappa shape index (κ1) is 15.8. The zero-order valence-electron chi connectivity index (χ0n) is 10.7. The second-order valence-electron chi connectivity index (χ2n) is 3.67. The van der Waals surface area contributed by atoms with Gasteiger partial charge in [-0.1, -0.05) is 15.9 Å². The Balaban J connectivity index is 2.79. The molecule has 0 radical (unpaired) electrons. The second kappa shape index (κ2) is 8.77. The van der Waals surface area contributed by atoms with Crippen LogP contribution >= 0.6 is 31.9 Å². The number of halogens is 2. The van der Waals surface area contributed by atoms with Crippen LogP contribution in [0, 0.1) is 0 Å². The highest BCUT2D eigenvalue weighted by Crippen LogP contribution is 2.37. The van der Waals surface area contributed by atoms with Gasteiger partial charge in [-0.05, 0) is 40.5 Å². The summed E-state index contributed by atoms with van der Waals surface area (Å²) < 4.78 is 17.3. The second-order valence-corrected chi connectivity index (χ2v) is 5.08. The van der Waals surface area contributed by atoms with Crippen molar-refractivity contribution in [3.63, 3.8) is 0 Å². The topological polar surface area (TPSA) is 27.7 Å². The van der Waals surface area contributed by atoms with Gasteiger partial charge in [0.25, 0.3) is 0 Å². The Bertz CT molecular complexity index is 369. The molecule has 0 aliphatic rings. The first-order valence-electron chi connectivity index (χ1n) is 5.85. The lowest BCUT2D eigenvalue weighted by Crippen LogP contribution is -2.04. The number of hydrogen-bond donors (Lipinski definition) is 0. The van der Waals surface area contributed by atoms with Crippen molar-refractivity contribution in [2.45, 2.75) is 18.7 Å². The fourth-order valence-electron chi connectivity index (χ4n) is 1.48. The average Bonchev–Trinajstić information content (AvgIpc) is 2.37. The van der Waals surface area contributed by atoms with Crippen molar-refractivity contribution >= 4 is 31.9 Å². The van der Waals surface area contributed by atoms with Gasteiger partial charge in [0.05, 0.1) is 17.7 Å². The van der Waals surface area contributed by atoms with Crippen molar-refractivity contribution in [3.05, 3.63) is 22.2 Å². The summed E-state index contributed by atoms with van der Waals surface area (Å²) in [6.45, 7) is 3.89. The maximum Gasteiger partial charge on any atom is 0.175 e. The third kappa shape index (κ3) is 4.78. The lowest BCUT2D eigenvalue weighted by molar-refractivity contribution is 0.169. The van der Waals surface area contributed by atoms with Crippen LogP contribution in [0.4, 0.5) is 0 Å². The maximum atomic E-state index is 5.75. The van der Waals surface area contributed by atoms with Gasteiger partial charge < -0.3 is 14.2 Å². The highest BCUT2D eigenvalue weighted by Gasteiger charge is 2.11. The number of alkyl halides is 1. The molecule has 0 spiro atoms. The van der Waals surface area contributed by atoms with E-state index in [2.05, 4.69) is 31.9 Å². The van der Waals surface area contributed by atoms with Crippen molar-refractivity contribution in [1.82, 2.24) is 0 Å². The predicted molar refractivity (Wildman–Crippen MR) is 79.9 cm³/mol. The van der Waals surface area contributed by atoms with Gasteiger partial charge in [-0.2, -0.15) is 0 Å². The fourth-order valence-corrected chi connectivity index (χ4v) is 2.41. The monoisotopic (exact) mass is 380 g/mol. The summed E-state index contributed by atoms with van der Waals surface area (Å²) >= 11 is 6.96. The first-order valence-corrected chi connectivity index (χ1v) is 7.77. The molecule has 1 rings (SSSR count). The molecule has 0 atom stereocenters. The van der Waals surface area contributed by atoms with Gasteiger partial charge in [0.2, 0.25) is 0 Å². The van der Waals surface area contributed by atoms with Crippen molar-refractivity contribution in [2.24, 2.45) is 0 Å². The SMILES string of the molecule is CCOc1cc(CBr)cc(Br)c1OCCCOC. The van der Waals surface area contributed by atoms with E-state index < -0.39 is 0 Å². The summed E-state index contributed by atoms with van der Waals surface area (Å²) in [7, 11) is 1.69. The van der Waals surface area contributed by atoms with Gasteiger partial charge in [0.1, 0.15) is 0 Å². The molecule has 0 aliphatic carbocycles. The Morgan fingerprint density at radius 3 is 2.56 bits per heavy atom. The third-order valence-electron chi connectivity index (χ3n) is 2.26. The molecular formula is C13H18Br2O3. The number of ether oxygens (including phenoxy) is 3. The van der Waals surface area contributed by atoms with Crippen LogP contribution in [0.3, 0.4) is 0 Å². The summed E-state index contributed by atoms with van der Waals surface area (Å²) in [6.07, 6.45) is 0.856. The summed E-state index contributed by atoms with van der Waals surface area (Å²) in [5, 5.41) is 0.787. The lowest BCUT2D eigenvalue weighted by atomic mass is 10.2. The molecule has 0 aliphatic heterocycles. The molecule has 5 heteroatoms. The highest BCUT2D eigenvalue weighted by molar-refractivity contribution is 9.10. The number of methoxy groups -OCH3 is 1. The van der Waals surface area contributed by atoms with Crippen molar-refractivity contribution < 1.29 is 14.2 Å². The van der Waals surface area contributed by atoms with Gasteiger partial charge in [-0.3, -0.25) is 0 Å². The smallest absolute Gasteiger partial charge is 0.175 e. The molecule has 0 heterocycles. The van der Waals surface area contributed by atoms with Crippen molar-refractivity contribution in [2.75, 3.05) is 26.9 Å². The van der Waals surface area contributed by atoms with Crippen LogP contribution in [0.2, 0.25) is 0 Å². The maximum absolute atomic E-state index is 5.75. The van der Waals surface area contributed by atoms with Gasteiger partial charge in [-0.25, -0.2) is 0 Å². The van der Waals surface area contributed by atoms with Gasteiger partial charge >= 0.3 is 0 Å². The van der Waals surface area contributed by atoms with E-state index >= 15 is 0 Å². The Labute approximate surface area is 125 Å². The zero-order valence-corrected chi connectivity index (χ0v) is 13.8. The quantitative estimate of drug-likeness (QED) is 0.499. The molecule has 102 valence electrons. The molecule has 0 fully saturated rings. The molecule has 0 saturated heterocycles. The van der Waals surface area contributed by atoms with Crippen LogP contribution in [0.25, 0.3) is 0 Å². The van der Waals surface area contributed by atoms with Crippen LogP contribution in [-0.2, 0) is 10.1 Å². The predicted octanol–water partition coefficient (Wildman–Crippen LogP) is 4.16. The standard InChI is InChI=1S/C13H18Br2O3/c1-3-17-12-8-10(9-14)7-11(15)13(12)18-6-4-5-16-2/h7-8H,3-6,9H2,1-2H3. The Morgan fingerprint density at radius 2 is 1.94 bits per heavy atom. The minimum Gasteiger partial charge on any atom is -0.490 e. The summed E-state index contributed by atoms with van der Waals surface area (Å²) in [4.78, 5) is 0. The Kier molecular flexibility index (Phi) is 7.70. The lowest BCUT2D eigenvalue weighted by Gasteiger charge is -2.14. The summed E-state index contributed by atoms with van der Waals surface area (Å²) in [5.41, 5.74) is 1.15. The van der Waals surface area contributed by atoms with Gasteiger partial charge in [-0.15, -0.1) is 0 Å². The number of hydrogen-bond acceptors (Lipinski definition) is 3. The normalized spacial score (nSPS) is 10.4. The molecular weight excluding hydrogens is 364 g/mol. The van der Waals surface area contributed by atoms with E-state index in [0.717, 1.165) is 33.3 Å². The van der Waals surface area contributed by atoms with E-state index in [0.29, 0.717) is 19.8 Å². The minimum atomic E-state index is 0.611. The van der Waals surface area contributed by atoms with Crippen LogP contribution < -0.4 is 9.47 Å². The zero-order chi connectivity index (χ0) is 13.4. The molecule has 3 nitrogen and oxygen atoms in total.